The molecule has 3 aliphatic rings. The summed E-state index contributed by atoms with van der Waals surface area (Å²) in [5.41, 5.74) is -0.187. The molecule has 2 unspecified atom stereocenters. The smallest absolute Gasteiger partial charge is 0.244 e. The average Bonchev–Trinajstić information content (AvgIpc) is 3.13. The summed E-state index contributed by atoms with van der Waals surface area (Å²) in [4.78, 5) is 15.2. The second-order valence-electron chi connectivity index (χ2n) is 6.86. The first-order valence-electron chi connectivity index (χ1n) is 8.28. The molecule has 1 amide bonds. The van der Waals surface area contributed by atoms with Crippen LogP contribution < -0.4 is 5.32 Å². The van der Waals surface area contributed by atoms with Gasteiger partial charge in [-0.05, 0) is 44.9 Å². The SMILES string of the molecule is CCC1NC2(CCCC2)C(=O)N1C(C)C1CCCC1. The third kappa shape index (κ3) is 2.10. The van der Waals surface area contributed by atoms with Crippen LogP contribution in [0.1, 0.15) is 71.6 Å². The maximum atomic E-state index is 13.0. The lowest BCUT2D eigenvalue weighted by molar-refractivity contribution is -0.136. The van der Waals surface area contributed by atoms with Crippen LogP contribution in [0.15, 0.2) is 0 Å². The van der Waals surface area contributed by atoms with Crippen molar-refractivity contribution in [2.45, 2.75) is 89.4 Å². The predicted molar refractivity (Wildman–Crippen MR) is 76.7 cm³/mol. The number of hydrogen-bond acceptors (Lipinski definition) is 2. The molecule has 1 spiro atoms. The molecule has 1 saturated heterocycles. The minimum atomic E-state index is -0.187. The molecule has 0 radical (unpaired) electrons. The first-order chi connectivity index (χ1) is 9.18. The normalized spacial score (nSPS) is 32.6. The zero-order valence-corrected chi connectivity index (χ0v) is 12.5. The van der Waals surface area contributed by atoms with Crippen LogP contribution in [0.5, 0.6) is 0 Å². The molecule has 0 aromatic carbocycles. The molecule has 1 aliphatic heterocycles. The molecule has 2 saturated carbocycles. The fourth-order valence-corrected chi connectivity index (χ4v) is 4.61. The van der Waals surface area contributed by atoms with Crippen LogP contribution in [0.4, 0.5) is 0 Å². The van der Waals surface area contributed by atoms with E-state index in [1.54, 1.807) is 0 Å². The van der Waals surface area contributed by atoms with Gasteiger partial charge in [-0.2, -0.15) is 0 Å². The fourth-order valence-electron chi connectivity index (χ4n) is 4.61. The maximum absolute atomic E-state index is 13.0. The zero-order chi connectivity index (χ0) is 13.5. The Bertz CT molecular complexity index is 343. The van der Waals surface area contributed by atoms with Crippen LogP contribution >= 0.6 is 0 Å². The molecule has 2 aliphatic carbocycles. The van der Waals surface area contributed by atoms with E-state index in [2.05, 4.69) is 24.1 Å². The molecule has 0 aromatic rings. The third-order valence-corrected chi connectivity index (χ3v) is 5.79. The van der Waals surface area contributed by atoms with Gasteiger partial charge in [0.25, 0.3) is 0 Å². The van der Waals surface area contributed by atoms with Crippen molar-refractivity contribution in [3.05, 3.63) is 0 Å². The van der Waals surface area contributed by atoms with E-state index in [4.69, 9.17) is 0 Å². The van der Waals surface area contributed by atoms with E-state index in [1.807, 2.05) is 0 Å². The Balaban J connectivity index is 1.80. The topological polar surface area (TPSA) is 32.3 Å². The highest BCUT2D eigenvalue weighted by molar-refractivity contribution is 5.89. The van der Waals surface area contributed by atoms with Crippen molar-refractivity contribution in [1.29, 1.82) is 0 Å². The maximum Gasteiger partial charge on any atom is 0.244 e. The Morgan fingerprint density at radius 2 is 1.89 bits per heavy atom. The van der Waals surface area contributed by atoms with Crippen molar-refractivity contribution < 1.29 is 4.79 Å². The summed E-state index contributed by atoms with van der Waals surface area (Å²) in [7, 11) is 0. The van der Waals surface area contributed by atoms with Crippen molar-refractivity contribution in [2.24, 2.45) is 5.92 Å². The molecule has 0 bridgehead atoms. The average molecular weight is 264 g/mol. The fraction of sp³-hybridized carbons (Fsp3) is 0.938. The highest BCUT2D eigenvalue weighted by Crippen LogP contribution is 2.40. The van der Waals surface area contributed by atoms with E-state index in [9.17, 15) is 4.79 Å². The van der Waals surface area contributed by atoms with Gasteiger partial charge in [0, 0.05) is 6.04 Å². The quantitative estimate of drug-likeness (QED) is 0.849. The first kappa shape index (κ1) is 13.4. The van der Waals surface area contributed by atoms with Gasteiger partial charge in [0.15, 0.2) is 0 Å². The van der Waals surface area contributed by atoms with Crippen molar-refractivity contribution in [3.63, 3.8) is 0 Å². The van der Waals surface area contributed by atoms with Crippen molar-refractivity contribution in [3.8, 4) is 0 Å². The number of carbonyl (C=O) groups is 1. The summed E-state index contributed by atoms with van der Waals surface area (Å²) in [6.45, 7) is 4.49. The van der Waals surface area contributed by atoms with Gasteiger partial charge in [-0.15, -0.1) is 0 Å². The molecule has 3 rings (SSSR count). The number of amides is 1. The van der Waals surface area contributed by atoms with Gasteiger partial charge < -0.3 is 4.90 Å². The second-order valence-corrected chi connectivity index (χ2v) is 6.86. The molecule has 3 heteroatoms. The summed E-state index contributed by atoms with van der Waals surface area (Å²) >= 11 is 0. The Kier molecular flexibility index (Phi) is 3.59. The van der Waals surface area contributed by atoms with Gasteiger partial charge in [-0.3, -0.25) is 10.1 Å². The summed E-state index contributed by atoms with van der Waals surface area (Å²) in [6.07, 6.45) is 11.2. The van der Waals surface area contributed by atoms with Gasteiger partial charge in [-0.25, -0.2) is 0 Å². The van der Waals surface area contributed by atoms with Crippen LogP contribution in [0.2, 0.25) is 0 Å². The summed E-state index contributed by atoms with van der Waals surface area (Å²) in [5, 5.41) is 3.70. The van der Waals surface area contributed by atoms with E-state index < -0.39 is 0 Å². The lowest BCUT2D eigenvalue weighted by Gasteiger charge is -2.34. The highest BCUT2D eigenvalue weighted by atomic mass is 16.2. The number of nitrogens with one attached hydrogen (secondary N) is 1. The number of hydrogen-bond donors (Lipinski definition) is 1. The monoisotopic (exact) mass is 264 g/mol. The van der Waals surface area contributed by atoms with Gasteiger partial charge >= 0.3 is 0 Å². The van der Waals surface area contributed by atoms with Crippen LogP contribution in [0.3, 0.4) is 0 Å². The molecule has 3 nitrogen and oxygen atoms in total. The van der Waals surface area contributed by atoms with Gasteiger partial charge in [0.1, 0.15) is 0 Å². The number of rotatable bonds is 3. The first-order valence-corrected chi connectivity index (χ1v) is 8.28. The number of nitrogens with zero attached hydrogens (tertiary/aromatic N) is 1. The van der Waals surface area contributed by atoms with Crippen molar-refractivity contribution in [1.82, 2.24) is 10.2 Å². The van der Waals surface area contributed by atoms with Gasteiger partial charge in [0.2, 0.25) is 5.91 Å². The molecule has 2 atom stereocenters. The highest BCUT2D eigenvalue weighted by Gasteiger charge is 2.53. The number of carbonyl (C=O) groups excluding carboxylic acids is 1. The van der Waals surface area contributed by atoms with E-state index >= 15 is 0 Å². The van der Waals surface area contributed by atoms with Crippen LogP contribution in [-0.4, -0.2) is 28.6 Å². The van der Waals surface area contributed by atoms with Crippen LogP contribution in [0, 0.1) is 5.92 Å². The summed E-state index contributed by atoms with van der Waals surface area (Å²) in [6, 6.07) is 0.424. The largest absolute Gasteiger partial charge is 0.323 e. The predicted octanol–water partition coefficient (Wildman–Crippen LogP) is 3.05. The Morgan fingerprint density at radius 1 is 1.26 bits per heavy atom. The lowest BCUT2D eigenvalue weighted by Crippen LogP contribution is -2.46. The summed E-state index contributed by atoms with van der Waals surface area (Å²) < 4.78 is 0. The Morgan fingerprint density at radius 3 is 2.47 bits per heavy atom. The van der Waals surface area contributed by atoms with E-state index in [1.165, 1.54) is 38.5 Å². The molecule has 108 valence electrons. The van der Waals surface area contributed by atoms with Crippen LogP contribution in [-0.2, 0) is 4.79 Å². The minimum Gasteiger partial charge on any atom is -0.323 e. The molecule has 0 aromatic heterocycles. The van der Waals surface area contributed by atoms with E-state index in [0.717, 1.165) is 25.2 Å². The standard InChI is InChI=1S/C16H28N2O/c1-3-14-17-16(10-6-7-11-16)15(19)18(14)12(2)13-8-4-5-9-13/h12-14,17H,3-11H2,1-2H3. The van der Waals surface area contributed by atoms with Crippen molar-refractivity contribution in [2.75, 3.05) is 0 Å². The van der Waals surface area contributed by atoms with Gasteiger partial charge in [0.05, 0.1) is 11.7 Å². The molecule has 3 fully saturated rings. The second kappa shape index (κ2) is 5.08. The van der Waals surface area contributed by atoms with Gasteiger partial charge in [-0.1, -0.05) is 32.6 Å². The van der Waals surface area contributed by atoms with Crippen molar-refractivity contribution >= 4 is 5.91 Å². The molecule has 1 heterocycles. The molecule has 19 heavy (non-hydrogen) atoms. The van der Waals surface area contributed by atoms with Crippen LogP contribution in [0.25, 0.3) is 0 Å². The summed E-state index contributed by atoms with van der Waals surface area (Å²) in [5.74, 6) is 1.15. The molecular formula is C16H28N2O. The van der Waals surface area contributed by atoms with E-state index in [-0.39, 0.29) is 11.7 Å². The third-order valence-electron chi connectivity index (χ3n) is 5.79. The molecule has 1 N–H and O–H groups in total. The Hall–Kier alpha value is -0.570. The zero-order valence-electron chi connectivity index (χ0n) is 12.5. The Labute approximate surface area is 117 Å². The lowest BCUT2D eigenvalue weighted by atomic mass is 9.94. The molecular weight excluding hydrogens is 236 g/mol. The minimum absolute atomic E-state index is 0.187. The van der Waals surface area contributed by atoms with E-state index in [0.29, 0.717) is 11.9 Å².